The van der Waals surface area contributed by atoms with Crippen LogP contribution >= 0.6 is 23.2 Å². The number of halogens is 2. The van der Waals surface area contributed by atoms with Crippen LogP contribution in [0, 0.1) is 11.8 Å². The number of carbonyl (C=O) groups excluding carboxylic acids is 2. The Morgan fingerprint density at radius 2 is 1.82 bits per heavy atom. The summed E-state index contributed by atoms with van der Waals surface area (Å²) in [5.41, 5.74) is 0.562. The standard InChI is InChI=1S/C34H39Cl2N7O6/c1-5-8-28(45)42-14-12-41(13-15-42)10-7-11-43-32-21(17-22(33(43)46)29-30(35)25(47-3)18-26(48-4)31(29)36)19-37-34(40-32)39-24-20-49-16-9-23(24)38-27(44)6-2/h6,17-19,23-24H,2,7,9-16,20H2,1,3-4H3,(H,38,44)(H,37,39,40). The van der Waals surface area contributed by atoms with Gasteiger partial charge in [-0.3, -0.25) is 23.9 Å². The van der Waals surface area contributed by atoms with Crippen LogP contribution in [0.4, 0.5) is 5.95 Å². The fraction of sp³-hybridized carbons (Fsp3) is 0.441. The number of fused-ring (bicyclic) bond motifs is 1. The molecule has 2 atom stereocenters. The second-order valence-electron chi connectivity index (χ2n) is 11.6. The maximum absolute atomic E-state index is 14.4. The number of aryl methyl sites for hydroxylation is 1. The van der Waals surface area contributed by atoms with E-state index in [1.54, 1.807) is 34.7 Å². The summed E-state index contributed by atoms with van der Waals surface area (Å²) in [5.74, 6) is 5.69. The third-order valence-corrected chi connectivity index (χ3v) is 9.35. The molecule has 2 aromatic heterocycles. The van der Waals surface area contributed by atoms with Crippen molar-refractivity contribution in [2.45, 2.75) is 38.4 Å². The minimum Gasteiger partial charge on any atom is -0.495 e. The van der Waals surface area contributed by atoms with Crippen molar-refractivity contribution in [2.24, 2.45) is 0 Å². The molecule has 0 bridgehead atoms. The van der Waals surface area contributed by atoms with Crippen LogP contribution in [0.1, 0.15) is 19.8 Å². The van der Waals surface area contributed by atoms with Crippen LogP contribution in [0.15, 0.2) is 35.8 Å². The van der Waals surface area contributed by atoms with E-state index in [0.717, 1.165) is 0 Å². The molecule has 2 aliphatic heterocycles. The maximum atomic E-state index is 14.4. The molecule has 2 fully saturated rings. The molecule has 5 rings (SSSR count). The third kappa shape index (κ3) is 8.11. The number of amides is 2. The summed E-state index contributed by atoms with van der Waals surface area (Å²) in [6, 6.07) is 2.68. The van der Waals surface area contributed by atoms with Crippen LogP contribution < -0.4 is 25.7 Å². The molecule has 2 N–H and O–H groups in total. The molecule has 2 saturated heterocycles. The average Bonchev–Trinajstić information content (AvgIpc) is 3.11. The minimum atomic E-state index is -0.359. The molecular formula is C34H39Cl2N7O6. The van der Waals surface area contributed by atoms with E-state index in [4.69, 9.17) is 42.4 Å². The number of hydrogen-bond acceptors (Lipinski definition) is 10. The Hall–Kier alpha value is -4.35. The number of carbonyl (C=O) groups is 2. The van der Waals surface area contributed by atoms with E-state index < -0.39 is 0 Å². The number of nitrogens with zero attached hydrogens (tertiary/aromatic N) is 5. The number of methoxy groups -OCH3 is 2. The molecule has 2 amide bonds. The number of anilines is 1. The number of ether oxygens (including phenoxy) is 3. The van der Waals surface area contributed by atoms with Crippen LogP contribution in [0.5, 0.6) is 11.5 Å². The number of aromatic nitrogens is 3. The van der Waals surface area contributed by atoms with Crippen molar-refractivity contribution in [3.63, 3.8) is 0 Å². The van der Waals surface area contributed by atoms with Gasteiger partial charge in [0.05, 0.1) is 48.5 Å². The van der Waals surface area contributed by atoms with Crippen molar-refractivity contribution >= 4 is 52.0 Å². The largest absolute Gasteiger partial charge is 0.495 e. The van der Waals surface area contributed by atoms with Crippen LogP contribution in [-0.2, 0) is 20.9 Å². The summed E-state index contributed by atoms with van der Waals surface area (Å²) >= 11 is 13.5. The molecule has 0 saturated carbocycles. The molecule has 0 spiro atoms. The van der Waals surface area contributed by atoms with E-state index in [9.17, 15) is 14.4 Å². The van der Waals surface area contributed by atoms with Crippen LogP contribution in [0.2, 0.25) is 10.0 Å². The number of rotatable bonds is 11. The summed E-state index contributed by atoms with van der Waals surface area (Å²) in [4.78, 5) is 52.0. The monoisotopic (exact) mass is 711 g/mol. The first-order valence-electron chi connectivity index (χ1n) is 15.9. The van der Waals surface area contributed by atoms with E-state index in [2.05, 4.69) is 38.9 Å². The highest BCUT2D eigenvalue weighted by Crippen LogP contribution is 2.45. The summed E-state index contributed by atoms with van der Waals surface area (Å²) in [7, 11) is 2.94. The Kier molecular flexibility index (Phi) is 12.0. The van der Waals surface area contributed by atoms with Gasteiger partial charge in [-0.05, 0) is 44.4 Å². The predicted octanol–water partition coefficient (Wildman–Crippen LogP) is 3.21. The average molecular weight is 713 g/mol. The number of nitrogens with one attached hydrogen (secondary N) is 2. The molecule has 15 heteroatoms. The normalized spacial score (nSPS) is 17.9. The van der Waals surface area contributed by atoms with Crippen molar-refractivity contribution in [3.8, 4) is 34.5 Å². The lowest BCUT2D eigenvalue weighted by atomic mass is 10.0. The Morgan fingerprint density at radius 3 is 2.47 bits per heavy atom. The van der Waals surface area contributed by atoms with Crippen LogP contribution in [-0.4, -0.2) is 108 Å². The molecule has 3 aromatic rings. The Morgan fingerprint density at radius 1 is 1.10 bits per heavy atom. The third-order valence-electron chi connectivity index (χ3n) is 8.60. The molecular weight excluding hydrogens is 673 g/mol. The summed E-state index contributed by atoms with van der Waals surface area (Å²) < 4.78 is 18.2. The lowest BCUT2D eigenvalue weighted by Gasteiger charge is -2.33. The SMILES string of the molecule is C=CC(=O)NC1CCOCC1Nc1ncc2cc(-c3c(Cl)c(OC)cc(OC)c3Cl)c(=O)n(CCCN3CCN(C(=O)C#CC)CC3)c2n1. The molecule has 4 heterocycles. The van der Waals surface area contributed by atoms with Crippen LogP contribution in [0.25, 0.3) is 22.2 Å². The van der Waals surface area contributed by atoms with Gasteiger partial charge >= 0.3 is 0 Å². The fourth-order valence-corrected chi connectivity index (χ4v) is 6.71. The zero-order valence-corrected chi connectivity index (χ0v) is 29.2. The van der Waals surface area contributed by atoms with Gasteiger partial charge < -0.3 is 29.7 Å². The Bertz CT molecular complexity index is 1820. The number of benzene rings is 1. The van der Waals surface area contributed by atoms with E-state index in [0.29, 0.717) is 87.9 Å². The zero-order chi connectivity index (χ0) is 35.1. The quantitative estimate of drug-likeness (QED) is 0.225. The first-order valence-corrected chi connectivity index (χ1v) is 16.7. The fourth-order valence-electron chi connectivity index (χ4n) is 6.01. The number of pyridine rings is 1. The summed E-state index contributed by atoms with van der Waals surface area (Å²) in [6.07, 6.45) is 4.06. The van der Waals surface area contributed by atoms with Gasteiger partial charge in [-0.25, -0.2) is 4.98 Å². The van der Waals surface area contributed by atoms with Crippen molar-refractivity contribution in [2.75, 3.05) is 65.5 Å². The van der Waals surface area contributed by atoms with Gasteiger partial charge in [-0.15, -0.1) is 0 Å². The Labute approximate surface area is 294 Å². The van der Waals surface area contributed by atoms with Crippen molar-refractivity contribution < 1.29 is 23.8 Å². The first-order chi connectivity index (χ1) is 23.7. The summed E-state index contributed by atoms with van der Waals surface area (Å²) in [5, 5.41) is 7.14. The van der Waals surface area contributed by atoms with Gasteiger partial charge in [0, 0.05) is 62.5 Å². The molecule has 0 radical (unpaired) electrons. The maximum Gasteiger partial charge on any atom is 0.298 e. The Balaban J connectivity index is 1.49. The van der Waals surface area contributed by atoms with Gasteiger partial charge in [-0.2, -0.15) is 4.98 Å². The van der Waals surface area contributed by atoms with Gasteiger partial charge in [0.15, 0.2) is 0 Å². The first kappa shape index (κ1) is 35.9. The van der Waals surface area contributed by atoms with Gasteiger partial charge in [-0.1, -0.05) is 35.7 Å². The van der Waals surface area contributed by atoms with Gasteiger partial charge in [0.2, 0.25) is 11.9 Å². The van der Waals surface area contributed by atoms with E-state index in [-0.39, 0.29) is 56.6 Å². The highest BCUT2D eigenvalue weighted by Gasteiger charge is 2.28. The predicted molar refractivity (Wildman–Crippen MR) is 188 cm³/mol. The zero-order valence-electron chi connectivity index (χ0n) is 27.7. The second-order valence-corrected chi connectivity index (χ2v) is 12.3. The van der Waals surface area contributed by atoms with Crippen molar-refractivity contribution in [1.82, 2.24) is 29.7 Å². The van der Waals surface area contributed by atoms with E-state index in [1.807, 2.05) is 0 Å². The van der Waals surface area contributed by atoms with Crippen LogP contribution in [0.3, 0.4) is 0 Å². The smallest absolute Gasteiger partial charge is 0.298 e. The van der Waals surface area contributed by atoms with Crippen molar-refractivity contribution in [1.29, 1.82) is 0 Å². The van der Waals surface area contributed by atoms with Gasteiger partial charge in [0.1, 0.15) is 17.1 Å². The molecule has 0 aliphatic carbocycles. The molecule has 2 aliphatic rings. The lowest BCUT2D eigenvalue weighted by molar-refractivity contribution is -0.126. The molecule has 2 unspecified atom stereocenters. The second kappa shape index (κ2) is 16.4. The topological polar surface area (TPSA) is 140 Å². The van der Waals surface area contributed by atoms with Crippen molar-refractivity contribution in [3.05, 3.63) is 51.4 Å². The number of hydrogen-bond donors (Lipinski definition) is 2. The molecule has 260 valence electrons. The van der Waals surface area contributed by atoms with E-state index in [1.165, 1.54) is 20.3 Å². The molecule has 13 nitrogen and oxygen atoms in total. The molecule has 1 aromatic carbocycles. The highest BCUT2D eigenvalue weighted by molar-refractivity contribution is 6.41. The van der Waals surface area contributed by atoms with E-state index >= 15 is 0 Å². The number of piperazine rings is 1. The summed E-state index contributed by atoms with van der Waals surface area (Å²) in [6.45, 7) is 9.60. The molecule has 49 heavy (non-hydrogen) atoms. The van der Waals surface area contributed by atoms with Gasteiger partial charge in [0.25, 0.3) is 11.5 Å². The lowest BCUT2D eigenvalue weighted by Crippen LogP contribution is -2.52. The minimum absolute atomic E-state index is 0.165. The highest BCUT2D eigenvalue weighted by atomic mass is 35.5.